The lowest BCUT2D eigenvalue weighted by Gasteiger charge is -2.37. The molecule has 5 heteroatoms. The lowest BCUT2D eigenvalue weighted by Crippen LogP contribution is -2.46. The molecule has 110 valence electrons. The summed E-state index contributed by atoms with van der Waals surface area (Å²) in [7, 11) is 0. The van der Waals surface area contributed by atoms with Crippen molar-refractivity contribution in [1.82, 2.24) is 4.90 Å². The Balaban J connectivity index is 2.43. The van der Waals surface area contributed by atoms with Gasteiger partial charge >= 0.3 is 0 Å². The molecule has 0 aliphatic carbocycles. The van der Waals surface area contributed by atoms with Gasteiger partial charge in [-0.2, -0.15) is 0 Å². The van der Waals surface area contributed by atoms with E-state index in [1.807, 2.05) is 0 Å². The minimum Gasteiger partial charge on any atom is -0.393 e. The average Bonchev–Trinajstić information content (AvgIpc) is 2.30. The van der Waals surface area contributed by atoms with Crippen LogP contribution in [0.5, 0.6) is 0 Å². The van der Waals surface area contributed by atoms with Crippen LogP contribution in [0.2, 0.25) is 0 Å². The van der Waals surface area contributed by atoms with Crippen LogP contribution in [0.1, 0.15) is 46.5 Å². The topological polar surface area (TPSA) is 72.4 Å². The summed E-state index contributed by atoms with van der Waals surface area (Å²) in [6, 6.07) is 0.531. The summed E-state index contributed by atoms with van der Waals surface area (Å²) in [5.41, 5.74) is 11.1. The van der Waals surface area contributed by atoms with E-state index in [2.05, 4.69) is 25.7 Å². The molecule has 0 aromatic heterocycles. The number of primary amides is 1. The third kappa shape index (κ3) is 4.73. The molecule has 2 unspecified atom stereocenters. The second-order valence-corrected chi connectivity index (χ2v) is 6.81. The predicted molar refractivity (Wildman–Crippen MR) is 82.8 cm³/mol. The second-order valence-electron chi connectivity index (χ2n) is 6.37. The Bertz CT molecular complexity index is 344. The molecule has 0 aromatic carbocycles. The normalized spacial score (nSPS) is 25.2. The van der Waals surface area contributed by atoms with Crippen molar-refractivity contribution in [2.75, 3.05) is 13.1 Å². The molecular weight excluding hydrogens is 258 g/mol. The third-order valence-corrected chi connectivity index (χ3v) is 4.88. The van der Waals surface area contributed by atoms with Crippen LogP contribution in [0.3, 0.4) is 0 Å². The van der Waals surface area contributed by atoms with Crippen molar-refractivity contribution in [3.63, 3.8) is 0 Å². The Labute approximate surface area is 121 Å². The summed E-state index contributed by atoms with van der Waals surface area (Å²) in [4.78, 5) is 14.2. The van der Waals surface area contributed by atoms with E-state index in [4.69, 9.17) is 23.7 Å². The number of nitrogens with zero attached hydrogens (tertiary/aromatic N) is 1. The van der Waals surface area contributed by atoms with E-state index in [0.717, 1.165) is 38.8 Å². The van der Waals surface area contributed by atoms with Crippen LogP contribution >= 0.6 is 12.2 Å². The van der Waals surface area contributed by atoms with E-state index in [-0.39, 0.29) is 17.2 Å². The van der Waals surface area contributed by atoms with Gasteiger partial charge in [-0.15, -0.1) is 0 Å². The van der Waals surface area contributed by atoms with E-state index in [9.17, 15) is 4.79 Å². The van der Waals surface area contributed by atoms with Crippen LogP contribution in [-0.4, -0.2) is 34.9 Å². The summed E-state index contributed by atoms with van der Waals surface area (Å²) in [6.45, 7) is 8.17. The summed E-state index contributed by atoms with van der Waals surface area (Å²) in [6.07, 6.45) is 3.99. The minimum atomic E-state index is -0.166. The number of likely N-dealkylation sites (tertiary alicyclic amines) is 1. The number of piperidine rings is 1. The molecule has 4 N–H and O–H groups in total. The SMILES string of the molecule is CC1CCC(C(N)=O)CN1CCCC(C)(C)C(N)=S. The minimum absolute atomic E-state index is 0.0137. The Kier molecular flexibility index (Phi) is 5.74. The summed E-state index contributed by atoms with van der Waals surface area (Å²) < 4.78 is 0. The van der Waals surface area contributed by atoms with Gasteiger partial charge in [0.25, 0.3) is 0 Å². The largest absolute Gasteiger partial charge is 0.393 e. The molecule has 1 heterocycles. The number of hydrogen-bond acceptors (Lipinski definition) is 3. The highest BCUT2D eigenvalue weighted by Gasteiger charge is 2.29. The highest BCUT2D eigenvalue weighted by molar-refractivity contribution is 7.80. The number of nitrogens with two attached hydrogens (primary N) is 2. The Morgan fingerprint density at radius 2 is 2.00 bits per heavy atom. The summed E-state index contributed by atoms with van der Waals surface area (Å²) in [5, 5.41) is 0. The predicted octanol–water partition coefficient (Wildman–Crippen LogP) is 1.66. The van der Waals surface area contributed by atoms with E-state index < -0.39 is 0 Å². The van der Waals surface area contributed by atoms with Crippen molar-refractivity contribution in [2.45, 2.75) is 52.5 Å². The quantitative estimate of drug-likeness (QED) is 0.728. The van der Waals surface area contributed by atoms with Gasteiger partial charge in [-0.05, 0) is 39.2 Å². The molecule has 1 fully saturated rings. The fourth-order valence-electron chi connectivity index (χ4n) is 2.57. The van der Waals surface area contributed by atoms with Crippen LogP contribution in [0.15, 0.2) is 0 Å². The fourth-order valence-corrected chi connectivity index (χ4v) is 2.67. The molecule has 1 saturated heterocycles. The Hall–Kier alpha value is -0.680. The van der Waals surface area contributed by atoms with Crippen LogP contribution in [0, 0.1) is 11.3 Å². The van der Waals surface area contributed by atoms with E-state index in [1.165, 1.54) is 0 Å². The summed E-state index contributed by atoms with van der Waals surface area (Å²) >= 11 is 5.08. The number of rotatable bonds is 6. The van der Waals surface area contributed by atoms with E-state index >= 15 is 0 Å². The first-order chi connectivity index (χ1) is 8.74. The molecule has 0 bridgehead atoms. The number of carbonyl (C=O) groups excluding carboxylic acids is 1. The maximum atomic E-state index is 11.3. The monoisotopic (exact) mass is 285 g/mol. The lowest BCUT2D eigenvalue weighted by atomic mass is 9.87. The van der Waals surface area contributed by atoms with Crippen molar-refractivity contribution in [1.29, 1.82) is 0 Å². The number of thiocarbonyl (C=S) groups is 1. The van der Waals surface area contributed by atoms with Gasteiger partial charge in [0, 0.05) is 18.0 Å². The maximum Gasteiger partial charge on any atom is 0.221 e. The van der Waals surface area contributed by atoms with Crippen LogP contribution in [0.25, 0.3) is 0 Å². The first-order valence-electron chi connectivity index (χ1n) is 7.07. The standard InChI is InChI=1S/C14H27N3OS/c1-10-5-6-11(12(15)18)9-17(10)8-4-7-14(2,3)13(16)19/h10-11H,4-9H2,1-3H3,(H2,15,18)(H2,16,19). The zero-order valence-electron chi connectivity index (χ0n) is 12.3. The Morgan fingerprint density at radius 3 is 2.53 bits per heavy atom. The Morgan fingerprint density at radius 1 is 1.37 bits per heavy atom. The second kappa shape index (κ2) is 6.66. The molecule has 2 atom stereocenters. The number of hydrogen-bond donors (Lipinski definition) is 2. The maximum absolute atomic E-state index is 11.3. The number of carbonyl (C=O) groups is 1. The molecule has 1 aliphatic rings. The number of amides is 1. The molecule has 19 heavy (non-hydrogen) atoms. The molecular formula is C14H27N3OS. The van der Waals surface area contributed by atoms with Gasteiger partial charge in [0.05, 0.1) is 10.9 Å². The van der Waals surface area contributed by atoms with Crippen molar-refractivity contribution in [3.05, 3.63) is 0 Å². The molecule has 1 rings (SSSR count). The lowest BCUT2D eigenvalue weighted by molar-refractivity contribution is -0.123. The van der Waals surface area contributed by atoms with Gasteiger partial charge in [-0.3, -0.25) is 9.69 Å². The van der Waals surface area contributed by atoms with Gasteiger partial charge in [-0.1, -0.05) is 26.1 Å². The molecule has 4 nitrogen and oxygen atoms in total. The first kappa shape index (κ1) is 16.4. The third-order valence-electron chi connectivity index (χ3n) is 4.33. The van der Waals surface area contributed by atoms with Gasteiger partial charge in [0.1, 0.15) is 0 Å². The molecule has 0 aromatic rings. The van der Waals surface area contributed by atoms with Crippen LogP contribution in [0.4, 0.5) is 0 Å². The highest BCUT2D eigenvalue weighted by atomic mass is 32.1. The first-order valence-corrected chi connectivity index (χ1v) is 7.48. The van der Waals surface area contributed by atoms with Crippen molar-refractivity contribution >= 4 is 23.1 Å². The highest BCUT2D eigenvalue weighted by Crippen LogP contribution is 2.25. The molecule has 1 amide bonds. The molecule has 1 aliphatic heterocycles. The summed E-state index contributed by atoms with van der Waals surface area (Å²) in [5.74, 6) is -0.153. The zero-order chi connectivity index (χ0) is 14.6. The average molecular weight is 285 g/mol. The van der Waals surface area contributed by atoms with Crippen LogP contribution in [-0.2, 0) is 4.79 Å². The smallest absolute Gasteiger partial charge is 0.221 e. The molecule has 0 radical (unpaired) electrons. The van der Waals surface area contributed by atoms with Gasteiger partial charge in [0.2, 0.25) is 5.91 Å². The van der Waals surface area contributed by atoms with E-state index in [1.54, 1.807) is 0 Å². The van der Waals surface area contributed by atoms with Crippen LogP contribution < -0.4 is 11.5 Å². The van der Waals surface area contributed by atoms with E-state index in [0.29, 0.717) is 11.0 Å². The van der Waals surface area contributed by atoms with Crippen molar-refractivity contribution in [3.8, 4) is 0 Å². The van der Waals surface area contributed by atoms with Gasteiger partial charge in [0.15, 0.2) is 0 Å². The van der Waals surface area contributed by atoms with Crippen molar-refractivity contribution in [2.24, 2.45) is 22.8 Å². The zero-order valence-corrected chi connectivity index (χ0v) is 13.1. The van der Waals surface area contributed by atoms with Gasteiger partial charge in [-0.25, -0.2) is 0 Å². The fraction of sp³-hybridized carbons (Fsp3) is 0.857. The van der Waals surface area contributed by atoms with Gasteiger partial charge < -0.3 is 11.5 Å². The molecule has 0 saturated carbocycles. The molecule has 0 spiro atoms. The van der Waals surface area contributed by atoms with Crippen molar-refractivity contribution < 1.29 is 4.79 Å².